The lowest BCUT2D eigenvalue weighted by atomic mass is 9.95. The Morgan fingerprint density at radius 2 is 1.94 bits per heavy atom. The van der Waals surface area contributed by atoms with Gasteiger partial charge in [-0.15, -0.1) is 0 Å². The van der Waals surface area contributed by atoms with Crippen LogP contribution in [0.15, 0.2) is 35.9 Å². The summed E-state index contributed by atoms with van der Waals surface area (Å²) in [5.74, 6) is 0.150. The SMILES string of the molecule is COc1ccc(C/C(=C/C(=O)O)C(C)C)cc1. The summed E-state index contributed by atoms with van der Waals surface area (Å²) in [5.41, 5.74) is 2.01. The fraction of sp³-hybridized carbons (Fsp3) is 0.357. The molecule has 0 saturated carbocycles. The highest BCUT2D eigenvalue weighted by Crippen LogP contribution is 2.18. The van der Waals surface area contributed by atoms with Crippen molar-refractivity contribution in [3.63, 3.8) is 0 Å². The van der Waals surface area contributed by atoms with Gasteiger partial charge in [0.2, 0.25) is 0 Å². The summed E-state index contributed by atoms with van der Waals surface area (Å²) in [6, 6.07) is 7.68. The molecule has 0 saturated heterocycles. The van der Waals surface area contributed by atoms with E-state index in [2.05, 4.69) is 0 Å². The first-order chi connectivity index (χ1) is 8.02. The molecule has 17 heavy (non-hydrogen) atoms. The van der Waals surface area contributed by atoms with Gasteiger partial charge in [-0.05, 0) is 30.0 Å². The molecule has 1 rings (SSSR count). The van der Waals surface area contributed by atoms with Crippen molar-refractivity contribution in [3.8, 4) is 5.75 Å². The largest absolute Gasteiger partial charge is 0.497 e. The Bertz CT molecular complexity index is 402. The molecule has 1 aromatic carbocycles. The first-order valence-corrected chi connectivity index (χ1v) is 5.59. The number of carboxylic acids is 1. The highest BCUT2D eigenvalue weighted by molar-refractivity contribution is 5.80. The topological polar surface area (TPSA) is 46.5 Å². The summed E-state index contributed by atoms with van der Waals surface area (Å²) >= 11 is 0. The number of rotatable bonds is 5. The Kier molecular flexibility index (Phi) is 4.76. The molecule has 3 heteroatoms. The zero-order valence-electron chi connectivity index (χ0n) is 10.4. The van der Waals surface area contributed by atoms with Crippen LogP contribution in [0.25, 0.3) is 0 Å². The van der Waals surface area contributed by atoms with Crippen LogP contribution in [0.4, 0.5) is 0 Å². The van der Waals surface area contributed by atoms with Crippen LogP contribution in [0.2, 0.25) is 0 Å². The molecule has 0 spiro atoms. The van der Waals surface area contributed by atoms with Crippen molar-refractivity contribution in [2.45, 2.75) is 20.3 Å². The van der Waals surface area contributed by atoms with Crippen LogP contribution in [0.1, 0.15) is 19.4 Å². The van der Waals surface area contributed by atoms with E-state index in [1.807, 2.05) is 38.1 Å². The number of carboxylic acid groups (broad SMARTS) is 1. The third-order valence-electron chi connectivity index (χ3n) is 2.62. The lowest BCUT2D eigenvalue weighted by Crippen LogP contribution is -2.02. The van der Waals surface area contributed by atoms with Gasteiger partial charge in [0.25, 0.3) is 0 Å². The molecule has 0 bridgehead atoms. The Labute approximate surface area is 102 Å². The summed E-state index contributed by atoms with van der Waals surface area (Å²) in [5, 5.41) is 8.80. The number of benzene rings is 1. The number of hydrogen-bond donors (Lipinski definition) is 1. The molecule has 0 aliphatic carbocycles. The first-order valence-electron chi connectivity index (χ1n) is 5.59. The van der Waals surface area contributed by atoms with Crippen molar-refractivity contribution in [2.75, 3.05) is 7.11 Å². The molecule has 0 amide bonds. The number of aliphatic carboxylic acids is 1. The quantitative estimate of drug-likeness (QED) is 0.797. The average molecular weight is 234 g/mol. The van der Waals surface area contributed by atoms with Gasteiger partial charge in [-0.2, -0.15) is 0 Å². The van der Waals surface area contributed by atoms with E-state index in [0.29, 0.717) is 6.42 Å². The van der Waals surface area contributed by atoms with E-state index in [-0.39, 0.29) is 5.92 Å². The van der Waals surface area contributed by atoms with Crippen molar-refractivity contribution in [1.29, 1.82) is 0 Å². The standard InChI is InChI=1S/C14H18O3/c1-10(2)12(9-14(15)16)8-11-4-6-13(17-3)7-5-11/h4-7,9-10H,8H2,1-3H3,(H,15,16)/b12-9-. The van der Waals surface area contributed by atoms with Gasteiger partial charge in [-0.25, -0.2) is 4.79 Å². The van der Waals surface area contributed by atoms with Crippen molar-refractivity contribution < 1.29 is 14.6 Å². The minimum absolute atomic E-state index is 0.230. The third kappa shape index (κ3) is 4.31. The van der Waals surface area contributed by atoms with Gasteiger partial charge in [-0.3, -0.25) is 0 Å². The predicted molar refractivity (Wildman–Crippen MR) is 67.3 cm³/mol. The van der Waals surface area contributed by atoms with Crippen LogP contribution in [-0.4, -0.2) is 18.2 Å². The van der Waals surface area contributed by atoms with E-state index in [1.165, 1.54) is 6.08 Å². The second kappa shape index (κ2) is 6.09. The van der Waals surface area contributed by atoms with Crippen molar-refractivity contribution >= 4 is 5.97 Å². The van der Waals surface area contributed by atoms with E-state index >= 15 is 0 Å². The second-order valence-electron chi connectivity index (χ2n) is 4.24. The molecular weight excluding hydrogens is 216 g/mol. The maximum atomic E-state index is 10.7. The summed E-state index contributed by atoms with van der Waals surface area (Å²) in [6.45, 7) is 4.00. The molecule has 1 aromatic rings. The van der Waals surface area contributed by atoms with Gasteiger partial charge in [0.15, 0.2) is 0 Å². The highest BCUT2D eigenvalue weighted by atomic mass is 16.5. The molecule has 0 radical (unpaired) electrons. The molecule has 0 aromatic heterocycles. The minimum atomic E-state index is -0.887. The van der Waals surface area contributed by atoms with Crippen LogP contribution >= 0.6 is 0 Å². The van der Waals surface area contributed by atoms with E-state index in [4.69, 9.17) is 9.84 Å². The normalized spacial score (nSPS) is 11.6. The van der Waals surface area contributed by atoms with Gasteiger partial charge >= 0.3 is 5.97 Å². The number of ether oxygens (including phenoxy) is 1. The van der Waals surface area contributed by atoms with Crippen LogP contribution in [0, 0.1) is 5.92 Å². The maximum Gasteiger partial charge on any atom is 0.328 e. The average Bonchev–Trinajstić information content (AvgIpc) is 2.28. The minimum Gasteiger partial charge on any atom is -0.497 e. The molecule has 0 aliphatic heterocycles. The van der Waals surface area contributed by atoms with Gasteiger partial charge < -0.3 is 9.84 Å². The maximum absolute atomic E-state index is 10.7. The smallest absolute Gasteiger partial charge is 0.328 e. The number of hydrogen-bond acceptors (Lipinski definition) is 2. The Morgan fingerprint density at radius 3 is 2.35 bits per heavy atom. The fourth-order valence-electron chi connectivity index (χ4n) is 1.56. The number of carbonyl (C=O) groups is 1. The van der Waals surface area contributed by atoms with Crippen LogP contribution in [0.5, 0.6) is 5.75 Å². The first kappa shape index (κ1) is 13.3. The van der Waals surface area contributed by atoms with Crippen molar-refractivity contribution in [1.82, 2.24) is 0 Å². The molecule has 0 aliphatic rings. The zero-order valence-corrected chi connectivity index (χ0v) is 10.4. The molecule has 92 valence electrons. The number of allylic oxidation sites excluding steroid dienone is 1. The summed E-state index contributed by atoms with van der Waals surface area (Å²) in [4.78, 5) is 10.7. The van der Waals surface area contributed by atoms with E-state index in [1.54, 1.807) is 7.11 Å². The predicted octanol–water partition coefficient (Wildman–Crippen LogP) is 2.90. The third-order valence-corrected chi connectivity index (χ3v) is 2.62. The fourth-order valence-corrected chi connectivity index (χ4v) is 1.56. The molecule has 0 heterocycles. The van der Waals surface area contributed by atoms with Gasteiger partial charge in [0.1, 0.15) is 5.75 Å². The molecule has 3 nitrogen and oxygen atoms in total. The van der Waals surface area contributed by atoms with E-state index < -0.39 is 5.97 Å². The van der Waals surface area contributed by atoms with Crippen LogP contribution in [0.3, 0.4) is 0 Å². The molecular formula is C14H18O3. The summed E-state index contributed by atoms with van der Waals surface area (Å²) in [7, 11) is 1.62. The van der Waals surface area contributed by atoms with Gasteiger partial charge in [-0.1, -0.05) is 31.6 Å². The Morgan fingerprint density at radius 1 is 1.35 bits per heavy atom. The van der Waals surface area contributed by atoms with Crippen LogP contribution in [-0.2, 0) is 11.2 Å². The zero-order chi connectivity index (χ0) is 12.8. The molecule has 0 unspecified atom stereocenters. The Hall–Kier alpha value is -1.77. The lowest BCUT2D eigenvalue weighted by Gasteiger charge is -2.11. The summed E-state index contributed by atoms with van der Waals surface area (Å²) < 4.78 is 5.08. The lowest BCUT2D eigenvalue weighted by molar-refractivity contribution is -0.131. The molecule has 1 N–H and O–H groups in total. The van der Waals surface area contributed by atoms with Crippen molar-refractivity contribution in [2.24, 2.45) is 5.92 Å². The van der Waals surface area contributed by atoms with E-state index in [9.17, 15) is 4.79 Å². The van der Waals surface area contributed by atoms with Gasteiger partial charge in [0.05, 0.1) is 7.11 Å². The molecule has 0 atom stereocenters. The highest BCUT2D eigenvalue weighted by Gasteiger charge is 2.07. The summed E-state index contributed by atoms with van der Waals surface area (Å²) in [6.07, 6.45) is 1.96. The number of methoxy groups -OCH3 is 1. The molecule has 0 fully saturated rings. The van der Waals surface area contributed by atoms with Crippen molar-refractivity contribution in [3.05, 3.63) is 41.5 Å². The monoisotopic (exact) mass is 234 g/mol. The van der Waals surface area contributed by atoms with Crippen LogP contribution < -0.4 is 4.74 Å². The van der Waals surface area contributed by atoms with E-state index in [0.717, 1.165) is 16.9 Å². The second-order valence-corrected chi connectivity index (χ2v) is 4.24. The van der Waals surface area contributed by atoms with Gasteiger partial charge in [0, 0.05) is 6.08 Å². The Balaban J connectivity index is 2.83.